The molecule has 1 fully saturated rings. The summed E-state index contributed by atoms with van der Waals surface area (Å²) in [5, 5.41) is 12.3. The highest BCUT2D eigenvalue weighted by Crippen LogP contribution is 2.16. The molecule has 0 aromatic heterocycles. The topological polar surface area (TPSA) is 56.1 Å². The molecule has 0 bridgehead atoms. The van der Waals surface area contributed by atoms with E-state index in [1.165, 1.54) is 0 Å². The maximum Gasteiger partial charge on any atom is 0.253 e. The van der Waals surface area contributed by atoms with Crippen LogP contribution in [-0.2, 0) is 0 Å². The first-order chi connectivity index (χ1) is 9.74. The van der Waals surface area contributed by atoms with Crippen LogP contribution in [0.25, 0.3) is 0 Å². The number of benzene rings is 1. The van der Waals surface area contributed by atoms with E-state index < -0.39 is 0 Å². The maximum atomic E-state index is 12.5. The number of carbonyl (C=O) groups excluding carboxylic acids is 1. The summed E-state index contributed by atoms with van der Waals surface area (Å²) in [6.07, 6.45) is 2.25. The third-order valence-corrected chi connectivity index (χ3v) is 3.84. The fourth-order valence-corrected chi connectivity index (χ4v) is 2.64. The monoisotopic (exact) mass is 271 g/mol. The number of amides is 1. The second-order valence-electron chi connectivity index (χ2n) is 5.23. The average molecular weight is 271 g/mol. The summed E-state index contributed by atoms with van der Waals surface area (Å²) < 4.78 is 0. The van der Waals surface area contributed by atoms with Crippen LogP contribution >= 0.6 is 0 Å². The third kappa shape index (κ3) is 3.58. The lowest BCUT2D eigenvalue weighted by atomic mass is 9.97. The maximum absolute atomic E-state index is 12.5. The summed E-state index contributed by atoms with van der Waals surface area (Å²) in [5.41, 5.74) is 1.15. The minimum atomic E-state index is 0.0307. The van der Waals surface area contributed by atoms with Crippen molar-refractivity contribution in [3.05, 3.63) is 35.4 Å². The van der Waals surface area contributed by atoms with Gasteiger partial charge in [-0.25, -0.2) is 0 Å². The van der Waals surface area contributed by atoms with Gasteiger partial charge in [0.05, 0.1) is 11.6 Å². The Bertz CT molecular complexity index is 501. The molecule has 0 radical (unpaired) electrons. The van der Waals surface area contributed by atoms with Gasteiger partial charge in [-0.2, -0.15) is 5.26 Å². The van der Waals surface area contributed by atoms with Crippen LogP contribution in [0.4, 0.5) is 0 Å². The number of nitrogens with one attached hydrogen (secondary N) is 1. The first kappa shape index (κ1) is 14.5. The molecule has 0 spiro atoms. The molecule has 0 unspecified atom stereocenters. The van der Waals surface area contributed by atoms with Crippen molar-refractivity contribution in [2.24, 2.45) is 5.92 Å². The molecule has 106 valence electrons. The number of rotatable bonds is 4. The lowest BCUT2D eigenvalue weighted by molar-refractivity contribution is 0.0727. The van der Waals surface area contributed by atoms with Crippen LogP contribution in [0.5, 0.6) is 0 Å². The van der Waals surface area contributed by atoms with E-state index >= 15 is 0 Å². The molecule has 1 aliphatic rings. The predicted molar refractivity (Wildman–Crippen MR) is 78.3 cm³/mol. The number of nitrogens with zero attached hydrogens (tertiary/aromatic N) is 2. The highest BCUT2D eigenvalue weighted by molar-refractivity contribution is 5.94. The molecule has 4 nitrogen and oxygen atoms in total. The molecule has 1 aromatic carbocycles. The molecule has 1 heterocycles. The summed E-state index contributed by atoms with van der Waals surface area (Å²) in [7, 11) is 0. The van der Waals surface area contributed by atoms with Crippen molar-refractivity contribution >= 4 is 5.91 Å². The highest BCUT2D eigenvalue weighted by Gasteiger charge is 2.20. The molecule has 0 aliphatic carbocycles. The van der Waals surface area contributed by atoms with E-state index in [1.807, 2.05) is 11.8 Å². The van der Waals surface area contributed by atoms with Crippen molar-refractivity contribution in [1.82, 2.24) is 10.2 Å². The summed E-state index contributed by atoms with van der Waals surface area (Å²) in [5.74, 6) is 0.613. The Morgan fingerprint density at radius 1 is 1.45 bits per heavy atom. The van der Waals surface area contributed by atoms with Crippen LogP contribution in [-0.4, -0.2) is 37.0 Å². The van der Waals surface area contributed by atoms with E-state index in [0.717, 1.165) is 32.5 Å². The van der Waals surface area contributed by atoms with Gasteiger partial charge >= 0.3 is 0 Å². The minimum absolute atomic E-state index is 0.0307. The quantitative estimate of drug-likeness (QED) is 0.911. The van der Waals surface area contributed by atoms with Crippen molar-refractivity contribution in [3.63, 3.8) is 0 Å². The number of nitriles is 1. The lowest BCUT2D eigenvalue weighted by Gasteiger charge is -2.29. The van der Waals surface area contributed by atoms with Gasteiger partial charge in [0, 0.05) is 18.7 Å². The normalized spacial score (nSPS) is 15.6. The average Bonchev–Trinajstić information content (AvgIpc) is 2.53. The molecule has 1 N–H and O–H groups in total. The van der Waals surface area contributed by atoms with Gasteiger partial charge in [-0.1, -0.05) is 6.07 Å². The van der Waals surface area contributed by atoms with Gasteiger partial charge in [0.25, 0.3) is 5.91 Å². The Morgan fingerprint density at radius 3 is 2.85 bits per heavy atom. The van der Waals surface area contributed by atoms with Crippen LogP contribution in [0.15, 0.2) is 24.3 Å². The van der Waals surface area contributed by atoms with Gasteiger partial charge in [0.1, 0.15) is 0 Å². The molecule has 1 aromatic rings. The molecule has 0 saturated carbocycles. The van der Waals surface area contributed by atoms with Crippen molar-refractivity contribution in [1.29, 1.82) is 5.26 Å². The molecule has 1 amide bonds. The Hall–Kier alpha value is -1.86. The molecule has 2 rings (SSSR count). The standard InChI is InChI=1S/C16H21N3O/c1-2-19(12-13-6-8-18-9-7-13)16(20)15-5-3-4-14(10-15)11-17/h3-5,10,13,18H,2,6-9,12H2,1H3. The zero-order chi connectivity index (χ0) is 14.4. The smallest absolute Gasteiger partial charge is 0.253 e. The second-order valence-corrected chi connectivity index (χ2v) is 5.23. The Balaban J connectivity index is 2.05. The van der Waals surface area contributed by atoms with Crippen molar-refractivity contribution in [3.8, 4) is 6.07 Å². The van der Waals surface area contributed by atoms with Gasteiger partial charge in [-0.05, 0) is 57.0 Å². The van der Waals surface area contributed by atoms with Gasteiger partial charge in [0.15, 0.2) is 0 Å². The number of hydrogen-bond donors (Lipinski definition) is 1. The lowest BCUT2D eigenvalue weighted by Crippen LogP contribution is -2.39. The zero-order valence-electron chi connectivity index (χ0n) is 11.9. The molecule has 20 heavy (non-hydrogen) atoms. The Labute approximate surface area is 120 Å². The summed E-state index contributed by atoms with van der Waals surface area (Å²) in [6, 6.07) is 9.03. The summed E-state index contributed by atoms with van der Waals surface area (Å²) in [6.45, 7) is 5.61. The van der Waals surface area contributed by atoms with E-state index in [0.29, 0.717) is 23.6 Å². The van der Waals surface area contributed by atoms with Gasteiger partial charge in [0.2, 0.25) is 0 Å². The van der Waals surface area contributed by atoms with E-state index in [9.17, 15) is 4.79 Å². The van der Waals surface area contributed by atoms with Crippen LogP contribution in [0.3, 0.4) is 0 Å². The SMILES string of the molecule is CCN(CC1CCNCC1)C(=O)c1cccc(C#N)c1. The van der Waals surface area contributed by atoms with Crippen LogP contribution < -0.4 is 5.32 Å². The predicted octanol–water partition coefficient (Wildman–Crippen LogP) is 2.02. The fraction of sp³-hybridized carbons (Fsp3) is 0.500. The molecular formula is C16H21N3O. The minimum Gasteiger partial charge on any atom is -0.339 e. The molecule has 1 saturated heterocycles. The zero-order valence-corrected chi connectivity index (χ0v) is 11.9. The first-order valence-electron chi connectivity index (χ1n) is 7.24. The first-order valence-corrected chi connectivity index (χ1v) is 7.24. The van der Waals surface area contributed by atoms with Crippen LogP contribution in [0.1, 0.15) is 35.7 Å². The van der Waals surface area contributed by atoms with E-state index in [1.54, 1.807) is 24.3 Å². The Kier molecular flexibility index (Phi) is 5.14. The summed E-state index contributed by atoms with van der Waals surface area (Å²) >= 11 is 0. The molecular weight excluding hydrogens is 250 g/mol. The molecule has 0 atom stereocenters. The number of piperidine rings is 1. The van der Waals surface area contributed by atoms with E-state index in [2.05, 4.69) is 11.4 Å². The summed E-state index contributed by atoms with van der Waals surface area (Å²) in [4.78, 5) is 14.4. The van der Waals surface area contributed by atoms with Crippen molar-refractivity contribution in [2.75, 3.05) is 26.2 Å². The Morgan fingerprint density at radius 2 is 2.20 bits per heavy atom. The third-order valence-electron chi connectivity index (χ3n) is 3.84. The van der Waals surface area contributed by atoms with Gasteiger partial charge in [-0.3, -0.25) is 4.79 Å². The van der Waals surface area contributed by atoms with Crippen LogP contribution in [0.2, 0.25) is 0 Å². The second kappa shape index (κ2) is 7.06. The largest absolute Gasteiger partial charge is 0.339 e. The van der Waals surface area contributed by atoms with E-state index in [-0.39, 0.29) is 5.91 Å². The highest BCUT2D eigenvalue weighted by atomic mass is 16.2. The fourth-order valence-electron chi connectivity index (χ4n) is 2.64. The molecule has 1 aliphatic heterocycles. The van der Waals surface area contributed by atoms with Crippen LogP contribution in [0, 0.1) is 17.2 Å². The van der Waals surface area contributed by atoms with E-state index in [4.69, 9.17) is 5.26 Å². The molecule has 4 heteroatoms. The van der Waals surface area contributed by atoms with Gasteiger partial charge < -0.3 is 10.2 Å². The van der Waals surface area contributed by atoms with Crippen molar-refractivity contribution in [2.45, 2.75) is 19.8 Å². The number of hydrogen-bond acceptors (Lipinski definition) is 3. The van der Waals surface area contributed by atoms with Crippen molar-refractivity contribution < 1.29 is 4.79 Å². The number of carbonyl (C=O) groups is 1. The van der Waals surface area contributed by atoms with Gasteiger partial charge in [-0.15, -0.1) is 0 Å².